The van der Waals surface area contributed by atoms with E-state index in [0.717, 1.165) is 5.46 Å². The summed E-state index contributed by atoms with van der Waals surface area (Å²) >= 11 is 0. The molecule has 1 heterocycles. The van der Waals surface area contributed by atoms with Gasteiger partial charge < -0.3 is 26.3 Å². The molecule has 0 aromatic heterocycles. The van der Waals surface area contributed by atoms with Gasteiger partial charge in [0.15, 0.2) is 0 Å². The number of rotatable bonds is 5. The molecule has 1 aliphatic rings. The lowest BCUT2D eigenvalue weighted by Crippen LogP contribution is -3.00. The second kappa shape index (κ2) is 10.0. The summed E-state index contributed by atoms with van der Waals surface area (Å²) in [7, 11) is -2.45. The first kappa shape index (κ1) is 25.9. The first-order valence-corrected chi connectivity index (χ1v) is 13.7. The van der Waals surface area contributed by atoms with Crippen LogP contribution in [0.15, 0.2) is 115 Å². The Balaban J connectivity index is 0.00000289. The second-order valence-electron chi connectivity index (χ2n) is 9.86. The summed E-state index contributed by atoms with van der Waals surface area (Å²) in [5, 5.41) is 5.35. The molecule has 5 heteroatoms. The number of hydrogen-bond donors (Lipinski definition) is 0. The minimum Gasteiger partial charge on any atom is -1.00 e. The van der Waals surface area contributed by atoms with E-state index < -0.39 is 7.26 Å². The minimum atomic E-state index is -2.09. The van der Waals surface area contributed by atoms with E-state index in [-0.39, 0.29) is 35.3 Å². The molecule has 1 saturated heterocycles. The van der Waals surface area contributed by atoms with Gasteiger partial charge in [-0.3, -0.25) is 0 Å². The molecular formula is C30H31BBrO2P. The van der Waals surface area contributed by atoms with Crippen LogP contribution in [0.1, 0.15) is 27.7 Å². The number of halogens is 1. The molecule has 4 aromatic carbocycles. The van der Waals surface area contributed by atoms with Crippen LogP contribution in [0.3, 0.4) is 0 Å². The second-order valence-corrected chi connectivity index (χ2v) is 13.3. The van der Waals surface area contributed by atoms with E-state index in [1.165, 1.54) is 21.2 Å². The molecule has 0 radical (unpaired) electrons. The van der Waals surface area contributed by atoms with Crippen molar-refractivity contribution in [3.63, 3.8) is 0 Å². The van der Waals surface area contributed by atoms with Crippen molar-refractivity contribution in [1.29, 1.82) is 0 Å². The van der Waals surface area contributed by atoms with E-state index in [1.54, 1.807) is 0 Å². The monoisotopic (exact) mass is 544 g/mol. The van der Waals surface area contributed by atoms with Gasteiger partial charge in [-0.1, -0.05) is 66.7 Å². The van der Waals surface area contributed by atoms with Gasteiger partial charge >= 0.3 is 7.12 Å². The van der Waals surface area contributed by atoms with Crippen molar-refractivity contribution >= 4 is 41.1 Å². The van der Waals surface area contributed by atoms with Crippen molar-refractivity contribution in [3.05, 3.63) is 115 Å². The van der Waals surface area contributed by atoms with Crippen LogP contribution in [0.5, 0.6) is 0 Å². The lowest BCUT2D eigenvalue weighted by atomic mass is 9.79. The molecule has 0 atom stereocenters. The lowest BCUT2D eigenvalue weighted by molar-refractivity contribution is -0.00000959. The molecule has 0 bridgehead atoms. The van der Waals surface area contributed by atoms with Gasteiger partial charge in [0.05, 0.1) is 11.2 Å². The first-order valence-electron chi connectivity index (χ1n) is 11.9. The third-order valence-electron chi connectivity index (χ3n) is 7.24. The maximum absolute atomic E-state index is 6.32. The average Bonchev–Trinajstić information content (AvgIpc) is 3.09. The molecular weight excluding hydrogens is 514 g/mol. The van der Waals surface area contributed by atoms with Crippen molar-refractivity contribution in [1.82, 2.24) is 0 Å². The quantitative estimate of drug-likeness (QED) is 0.281. The molecule has 35 heavy (non-hydrogen) atoms. The minimum absolute atomic E-state index is 0. The van der Waals surface area contributed by atoms with Crippen molar-refractivity contribution in [2.24, 2.45) is 0 Å². The van der Waals surface area contributed by atoms with Gasteiger partial charge in [-0.25, -0.2) is 0 Å². The highest BCUT2D eigenvalue weighted by molar-refractivity contribution is 8.01. The molecule has 0 amide bonds. The summed E-state index contributed by atoms with van der Waals surface area (Å²) in [6.07, 6.45) is 0. The highest BCUT2D eigenvalue weighted by Crippen LogP contribution is 2.54. The van der Waals surface area contributed by atoms with Gasteiger partial charge in [-0.05, 0) is 81.7 Å². The highest BCUT2D eigenvalue weighted by Gasteiger charge is 2.52. The predicted octanol–water partition coefficient (Wildman–Crippen LogP) is 1.61. The highest BCUT2D eigenvalue weighted by atomic mass is 79.9. The van der Waals surface area contributed by atoms with E-state index in [4.69, 9.17) is 9.31 Å². The van der Waals surface area contributed by atoms with Gasteiger partial charge in [0.25, 0.3) is 0 Å². The van der Waals surface area contributed by atoms with Crippen molar-refractivity contribution in [3.8, 4) is 0 Å². The number of hydrogen-bond acceptors (Lipinski definition) is 2. The molecule has 2 nitrogen and oxygen atoms in total. The molecule has 178 valence electrons. The predicted molar refractivity (Wildman–Crippen MR) is 147 cm³/mol. The van der Waals surface area contributed by atoms with Crippen LogP contribution in [0.2, 0.25) is 0 Å². The Labute approximate surface area is 221 Å². The molecule has 4 aromatic rings. The molecule has 0 aliphatic carbocycles. The lowest BCUT2D eigenvalue weighted by Gasteiger charge is -2.32. The molecule has 1 aliphatic heterocycles. The maximum atomic E-state index is 6.32. The van der Waals surface area contributed by atoms with E-state index in [1.807, 2.05) is 0 Å². The third-order valence-corrected chi connectivity index (χ3v) is 11.5. The fraction of sp³-hybridized carbons (Fsp3) is 0.200. The zero-order chi connectivity index (χ0) is 23.8. The number of benzene rings is 4. The normalized spacial score (nSPS) is 16.5. The maximum Gasteiger partial charge on any atom is 0.494 e. The Morgan fingerprint density at radius 2 is 0.800 bits per heavy atom. The molecule has 5 rings (SSSR count). The Morgan fingerprint density at radius 1 is 0.486 bits per heavy atom. The SMILES string of the molecule is CC1(C)OB(c2ccc([P+](c3ccccc3)(c3ccccc3)c3ccccc3)cc2)OC1(C)C.[Br-]. The van der Waals surface area contributed by atoms with Crippen molar-refractivity contribution < 1.29 is 26.3 Å². The molecule has 0 spiro atoms. The zero-order valence-electron chi connectivity index (χ0n) is 20.7. The summed E-state index contributed by atoms with van der Waals surface area (Å²) in [4.78, 5) is 0. The van der Waals surface area contributed by atoms with Gasteiger partial charge in [0, 0.05) is 0 Å². The van der Waals surface area contributed by atoms with Crippen LogP contribution in [0, 0.1) is 0 Å². The third kappa shape index (κ3) is 4.54. The molecule has 0 unspecified atom stereocenters. The average molecular weight is 545 g/mol. The van der Waals surface area contributed by atoms with Crippen molar-refractivity contribution in [2.75, 3.05) is 0 Å². The Kier molecular flexibility index (Phi) is 7.41. The van der Waals surface area contributed by atoms with Crippen molar-refractivity contribution in [2.45, 2.75) is 38.9 Å². The summed E-state index contributed by atoms with van der Waals surface area (Å²) in [5.74, 6) is 0. The van der Waals surface area contributed by atoms with E-state index in [0.29, 0.717) is 0 Å². The first-order chi connectivity index (χ1) is 16.3. The van der Waals surface area contributed by atoms with E-state index in [2.05, 4.69) is 143 Å². The van der Waals surface area contributed by atoms with Crippen LogP contribution < -0.4 is 43.7 Å². The summed E-state index contributed by atoms with van der Waals surface area (Å²) in [6.45, 7) is 8.38. The van der Waals surface area contributed by atoms with Crippen LogP contribution in [0.4, 0.5) is 0 Å². The zero-order valence-corrected chi connectivity index (χ0v) is 23.2. The van der Waals surface area contributed by atoms with Gasteiger partial charge in [-0.15, -0.1) is 0 Å². The fourth-order valence-electron chi connectivity index (χ4n) is 4.68. The van der Waals surface area contributed by atoms with E-state index >= 15 is 0 Å². The fourth-order valence-corrected chi connectivity index (χ4v) is 8.93. The Hall–Kier alpha value is -2.23. The van der Waals surface area contributed by atoms with Gasteiger partial charge in [0.2, 0.25) is 0 Å². The molecule has 0 saturated carbocycles. The summed E-state index contributed by atoms with van der Waals surface area (Å²) in [6, 6.07) is 41.7. The van der Waals surface area contributed by atoms with Crippen LogP contribution in [-0.4, -0.2) is 18.3 Å². The van der Waals surface area contributed by atoms with Crippen LogP contribution in [0.25, 0.3) is 0 Å². The largest absolute Gasteiger partial charge is 1.00 e. The van der Waals surface area contributed by atoms with Gasteiger partial charge in [0.1, 0.15) is 28.5 Å². The summed E-state index contributed by atoms with van der Waals surface area (Å²) in [5.41, 5.74) is 0.339. The summed E-state index contributed by atoms with van der Waals surface area (Å²) < 4.78 is 12.6. The van der Waals surface area contributed by atoms with E-state index in [9.17, 15) is 0 Å². The Bertz CT molecular complexity index is 1130. The molecule has 0 N–H and O–H groups in total. The standard InChI is InChI=1S/C30H31BO2P.BrH/c1-29(2)30(3,4)33-31(32-29)24-20-22-28(23-21-24)34(25-14-8-5-9-15-25,26-16-10-6-11-17-26)27-18-12-7-13-19-27;/h5-23H,1-4H3;1H/q+1;/p-1. The molecule has 1 fully saturated rings. The van der Waals surface area contributed by atoms with Crippen LogP contribution >= 0.6 is 7.26 Å². The topological polar surface area (TPSA) is 18.5 Å². The Morgan fingerprint density at radius 3 is 1.14 bits per heavy atom. The smallest absolute Gasteiger partial charge is 0.494 e. The van der Waals surface area contributed by atoms with Gasteiger partial charge in [-0.2, -0.15) is 0 Å². The van der Waals surface area contributed by atoms with Crippen LogP contribution in [-0.2, 0) is 9.31 Å².